The van der Waals surface area contributed by atoms with Crippen LogP contribution in [-0.2, 0) is 0 Å². The van der Waals surface area contributed by atoms with E-state index in [1.807, 2.05) is 0 Å². The Kier molecular flexibility index (Phi) is 3.92. The first kappa shape index (κ1) is 12.8. The maximum Gasteiger partial charge on any atom is 0.0741 e. The molecule has 0 amide bonds. The molecule has 1 aliphatic heterocycles. The maximum absolute atomic E-state index is 9.99. The minimum absolute atomic E-state index is 0.188. The summed E-state index contributed by atoms with van der Waals surface area (Å²) < 4.78 is 0. The second-order valence-electron chi connectivity index (χ2n) is 5.84. The SMILES string of the molecule is O[C@H]1CCCC[C@@H]1Nc1ccc(N2CCCC2)cc1. The van der Waals surface area contributed by atoms with Crippen molar-refractivity contribution < 1.29 is 5.11 Å². The number of nitrogens with one attached hydrogen (secondary N) is 1. The third-order valence-corrected chi connectivity index (χ3v) is 4.42. The van der Waals surface area contributed by atoms with Crippen LogP contribution in [0.4, 0.5) is 11.4 Å². The molecular formula is C16H24N2O. The lowest BCUT2D eigenvalue weighted by molar-refractivity contribution is 0.116. The zero-order valence-corrected chi connectivity index (χ0v) is 11.5. The van der Waals surface area contributed by atoms with E-state index in [4.69, 9.17) is 0 Å². The first-order valence-electron chi connectivity index (χ1n) is 7.62. The number of hydrogen-bond acceptors (Lipinski definition) is 3. The summed E-state index contributed by atoms with van der Waals surface area (Å²) in [5.41, 5.74) is 2.46. The molecule has 3 rings (SSSR count). The Hall–Kier alpha value is -1.22. The van der Waals surface area contributed by atoms with Gasteiger partial charge in [-0.15, -0.1) is 0 Å². The topological polar surface area (TPSA) is 35.5 Å². The molecule has 3 nitrogen and oxygen atoms in total. The summed E-state index contributed by atoms with van der Waals surface area (Å²) in [6.45, 7) is 2.38. The van der Waals surface area contributed by atoms with Gasteiger partial charge in [-0.3, -0.25) is 0 Å². The van der Waals surface area contributed by atoms with Crippen molar-refractivity contribution in [1.29, 1.82) is 0 Å². The zero-order chi connectivity index (χ0) is 13.1. The van der Waals surface area contributed by atoms with Gasteiger partial charge in [0.25, 0.3) is 0 Å². The second kappa shape index (κ2) is 5.83. The molecule has 1 aromatic carbocycles. The largest absolute Gasteiger partial charge is 0.391 e. The smallest absolute Gasteiger partial charge is 0.0741 e. The van der Waals surface area contributed by atoms with Crippen LogP contribution in [0.3, 0.4) is 0 Å². The predicted molar refractivity (Wildman–Crippen MR) is 79.8 cm³/mol. The van der Waals surface area contributed by atoms with Crippen LogP contribution in [0.5, 0.6) is 0 Å². The number of rotatable bonds is 3. The van der Waals surface area contributed by atoms with Gasteiger partial charge in [-0.25, -0.2) is 0 Å². The van der Waals surface area contributed by atoms with Crippen LogP contribution in [-0.4, -0.2) is 30.3 Å². The van der Waals surface area contributed by atoms with E-state index in [9.17, 15) is 5.11 Å². The van der Waals surface area contributed by atoms with Crippen molar-refractivity contribution in [3.63, 3.8) is 0 Å². The van der Waals surface area contributed by atoms with E-state index in [2.05, 4.69) is 34.5 Å². The monoisotopic (exact) mass is 260 g/mol. The summed E-state index contributed by atoms with van der Waals surface area (Å²) in [7, 11) is 0. The number of anilines is 2. The summed E-state index contributed by atoms with van der Waals surface area (Å²) >= 11 is 0. The average Bonchev–Trinajstić information content (AvgIpc) is 2.96. The molecule has 1 aliphatic carbocycles. The Morgan fingerprint density at radius 2 is 1.63 bits per heavy atom. The Labute approximate surface area is 115 Å². The Morgan fingerprint density at radius 3 is 2.32 bits per heavy atom. The van der Waals surface area contributed by atoms with Gasteiger partial charge < -0.3 is 15.3 Å². The molecular weight excluding hydrogens is 236 g/mol. The Bertz CT molecular complexity index is 398. The van der Waals surface area contributed by atoms with Crippen LogP contribution in [0.2, 0.25) is 0 Å². The van der Waals surface area contributed by atoms with E-state index in [1.54, 1.807) is 0 Å². The lowest BCUT2D eigenvalue weighted by atomic mass is 9.92. The zero-order valence-electron chi connectivity index (χ0n) is 11.5. The Balaban J connectivity index is 1.62. The van der Waals surface area contributed by atoms with Crippen molar-refractivity contribution in [1.82, 2.24) is 0 Å². The molecule has 0 spiro atoms. The highest BCUT2D eigenvalue weighted by Gasteiger charge is 2.22. The molecule has 1 aromatic rings. The maximum atomic E-state index is 9.99. The fourth-order valence-electron chi connectivity index (χ4n) is 3.24. The second-order valence-corrected chi connectivity index (χ2v) is 5.84. The highest BCUT2D eigenvalue weighted by atomic mass is 16.3. The summed E-state index contributed by atoms with van der Waals surface area (Å²) in [5.74, 6) is 0. The molecule has 19 heavy (non-hydrogen) atoms. The molecule has 104 valence electrons. The summed E-state index contributed by atoms with van der Waals surface area (Å²) in [6.07, 6.45) is 6.83. The highest BCUT2D eigenvalue weighted by Crippen LogP contribution is 2.25. The quantitative estimate of drug-likeness (QED) is 0.877. The molecule has 2 N–H and O–H groups in total. The summed E-state index contributed by atoms with van der Waals surface area (Å²) in [6, 6.07) is 8.92. The fourth-order valence-corrected chi connectivity index (χ4v) is 3.24. The third-order valence-electron chi connectivity index (χ3n) is 4.42. The minimum Gasteiger partial charge on any atom is -0.391 e. The molecule has 0 unspecified atom stereocenters. The van der Waals surface area contributed by atoms with E-state index in [1.165, 1.54) is 38.0 Å². The summed E-state index contributed by atoms with van der Waals surface area (Å²) in [4.78, 5) is 2.44. The third kappa shape index (κ3) is 3.03. The number of aliphatic hydroxyl groups is 1. The van der Waals surface area contributed by atoms with Crippen molar-refractivity contribution >= 4 is 11.4 Å². The van der Waals surface area contributed by atoms with Gasteiger partial charge in [0.2, 0.25) is 0 Å². The number of benzene rings is 1. The van der Waals surface area contributed by atoms with Crippen LogP contribution >= 0.6 is 0 Å². The van der Waals surface area contributed by atoms with Gasteiger partial charge in [0.1, 0.15) is 0 Å². The number of hydrogen-bond donors (Lipinski definition) is 2. The number of aliphatic hydroxyl groups excluding tert-OH is 1. The molecule has 1 saturated heterocycles. The van der Waals surface area contributed by atoms with Crippen molar-refractivity contribution in [2.24, 2.45) is 0 Å². The lowest BCUT2D eigenvalue weighted by Gasteiger charge is -2.29. The van der Waals surface area contributed by atoms with Gasteiger partial charge in [-0.2, -0.15) is 0 Å². The first-order valence-corrected chi connectivity index (χ1v) is 7.62. The highest BCUT2D eigenvalue weighted by molar-refractivity contribution is 5.55. The molecule has 2 aliphatic rings. The van der Waals surface area contributed by atoms with Gasteiger partial charge in [-0.1, -0.05) is 12.8 Å². The van der Waals surface area contributed by atoms with Gasteiger partial charge in [0.05, 0.1) is 12.1 Å². The van der Waals surface area contributed by atoms with Crippen molar-refractivity contribution in [3.05, 3.63) is 24.3 Å². The summed E-state index contributed by atoms with van der Waals surface area (Å²) in [5, 5.41) is 13.5. The van der Waals surface area contributed by atoms with Crippen molar-refractivity contribution in [2.45, 2.75) is 50.7 Å². The van der Waals surface area contributed by atoms with Crippen LogP contribution < -0.4 is 10.2 Å². The van der Waals surface area contributed by atoms with E-state index in [-0.39, 0.29) is 12.1 Å². The van der Waals surface area contributed by atoms with Gasteiger partial charge in [0, 0.05) is 24.5 Å². The van der Waals surface area contributed by atoms with E-state index >= 15 is 0 Å². The van der Waals surface area contributed by atoms with Gasteiger partial charge >= 0.3 is 0 Å². The van der Waals surface area contributed by atoms with Gasteiger partial charge in [0.15, 0.2) is 0 Å². The van der Waals surface area contributed by atoms with Crippen LogP contribution in [0.1, 0.15) is 38.5 Å². The molecule has 2 fully saturated rings. The molecule has 0 bridgehead atoms. The molecule has 0 aromatic heterocycles. The normalized spacial score (nSPS) is 27.5. The molecule has 2 atom stereocenters. The molecule has 1 saturated carbocycles. The van der Waals surface area contributed by atoms with E-state index in [0.29, 0.717) is 0 Å². The standard InChI is InChI=1S/C16H24N2O/c19-16-6-2-1-5-15(16)17-13-7-9-14(10-8-13)18-11-3-4-12-18/h7-10,15-17,19H,1-6,11-12H2/t15-,16-/m0/s1. The van der Waals surface area contributed by atoms with Crippen molar-refractivity contribution in [2.75, 3.05) is 23.3 Å². The van der Waals surface area contributed by atoms with E-state index in [0.717, 1.165) is 24.9 Å². The van der Waals surface area contributed by atoms with E-state index < -0.39 is 0 Å². The predicted octanol–water partition coefficient (Wildman–Crippen LogP) is 3.00. The van der Waals surface area contributed by atoms with Crippen LogP contribution in [0.15, 0.2) is 24.3 Å². The van der Waals surface area contributed by atoms with Crippen LogP contribution in [0, 0.1) is 0 Å². The molecule has 0 radical (unpaired) electrons. The number of nitrogens with zero attached hydrogens (tertiary/aromatic N) is 1. The molecule has 1 heterocycles. The average molecular weight is 260 g/mol. The fraction of sp³-hybridized carbons (Fsp3) is 0.625. The first-order chi connectivity index (χ1) is 9.33. The Morgan fingerprint density at radius 1 is 0.947 bits per heavy atom. The van der Waals surface area contributed by atoms with Gasteiger partial charge in [-0.05, 0) is 49.9 Å². The minimum atomic E-state index is -0.188. The lowest BCUT2D eigenvalue weighted by Crippen LogP contribution is -2.36. The van der Waals surface area contributed by atoms with Crippen LogP contribution in [0.25, 0.3) is 0 Å². The molecule has 3 heteroatoms. The van der Waals surface area contributed by atoms with Crippen molar-refractivity contribution in [3.8, 4) is 0 Å².